The van der Waals surface area contributed by atoms with E-state index in [4.69, 9.17) is 10.8 Å². The predicted molar refractivity (Wildman–Crippen MR) is 70.2 cm³/mol. The van der Waals surface area contributed by atoms with Gasteiger partial charge in [-0.25, -0.2) is 0 Å². The molecule has 1 aromatic carbocycles. The number of amides is 1. The summed E-state index contributed by atoms with van der Waals surface area (Å²) in [7, 11) is 0. The van der Waals surface area contributed by atoms with Crippen molar-refractivity contribution >= 4 is 5.91 Å². The minimum Gasteiger partial charge on any atom is -0.508 e. The Morgan fingerprint density at radius 2 is 2.11 bits per heavy atom. The molecule has 5 N–H and O–H groups in total. The molecule has 0 saturated carbocycles. The number of aromatic amines is 1. The van der Waals surface area contributed by atoms with Crippen LogP contribution in [0.1, 0.15) is 11.3 Å². The van der Waals surface area contributed by atoms with Gasteiger partial charge in [-0.1, -0.05) is 12.1 Å². The predicted octanol–water partition coefficient (Wildman–Crippen LogP) is 0.301. The number of nitrogens with zero attached hydrogens (tertiary/aromatic N) is 1. The van der Waals surface area contributed by atoms with Crippen LogP contribution in [0.3, 0.4) is 0 Å². The van der Waals surface area contributed by atoms with Crippen LogP contribution >= 0.6 is 0 Å². The fourth-order valence-corrected chi connectivity index (χ4v) is 1.68. The summed E-state index contributed by atoms with van der Waals surface area (Å²) in [5.74, 6) is -0.0244. The molecule has 19 heavy (non-hydrogen) atoms. The molecule has 1 aromatic heterocycles. The molecular weight excluding hydrogens is 244 g/mol. The lowest BCUT2D eigenvalue weighted by Gasteiger charge is -2.11. The number of benzene rings is 1. The fourth-order valence-electron chi connectivity index (χ4n) is 1.68. The van der Waals surface area contributed by atoms with Crippen molar-refractivity contribution in [2.24, 2.45) is 5.73 Å². The average Bonchev–Trinajstić information content (AvgIpc) is 2.91. The molecule has 6 heteroatoms. The van der Waals surface area contributed by atoms with Crippen LogP contribution < -0.4 is 11.1 Å². The molecule has 1 atom stereocenters. The second kappa shape index (κ2) is 6.01. The molecule has 2 aromatic rings. The molecule has 0 fully saturated rings. The number of H-pyrrole nitrogens is 1. The third-order valence-electron chi connectivity index (χ3n) is 2.74. The molecule has 6 nitrogen and oxygen atoms in total. The summed E-state index contributed by atoms with van der Waals surface area (Å²) in [6.45, 7) is 0.377. The summed E-state index contributed by atoms with van der Waals surface area (Å²) in [5.41, 5.74) is 7.56. The van der Waals surface area contributed by atoms with Crippen molar-refractivity contribution < 1.29 is 9.90 Å². The number of hydrogen-bond acceptors (Lipinski definition) is 4. The second-order valence-electron chi connectivity index (χ2n) is 4.28. The van der Waals surface area contributed by atoms with Gasteiger partial charge < -0.3 is 16.2 Å². The Morgan fingerprint density at radius 3 is 2.74 bits per heavy atom. The topological polar surface area (TPSA) is 104 Å². The van der Waals surface area contributed by atoms with Crippen LogP contribution in [0, 0.1) is 0 Å². The van der Waals surface area contributed by atoms with Gasteiger partial charge in [-0.05, 0) is 30.2 Å². The first-order valence-electron chi connectivity index (χ1n) is 5.94. The summed E-state index contributed by atoms with van der Waals surface area (Å²) in [4.78, 5) is 11.8. The van der Waals surface area contributed by atoms with Crippen molar-refractivity contribution in [3.63, 3.8) is 0 Å². The van der Waals surface area contributed by atoms with E-state index in [1.165, 1.54) is 0 Å². The van der Waals surface area contributed by atoms with E-state index in [0.717, 1.165) is 11.3 Å². The average molecular weight is 260 g/mol. The minimum absolute atomic E-state index is 0.195. The van der Waals surface area contributed by atoms with Gasteiger partial charge in [0.2, 0.25) is 5.91 Å². The number of nitrogens with two attached hydrogens (primary N) is 1. The zero-order valence-corrected chi connectivity index (χ0v) is 10.3. The number of phenols is 1. The number of hydrogen-bond donors (Lipinski definition) is 4. The number of rotatable bonds is 5. The zero-order valence-electron chi connectivity index (χ0n) is 10.3. The maximum absolute atomic E-state index is 11.8. The molecule has 0 aliphatic rings. The first-order valence-corrected chi connectivity index (χ1v) is 5.94. The van der Waals surface area contributed by atoms with Crippen LogP contribution in [-0.4, -0.2) is 27.3 Å². The maximum Gasteiger partial charge on any atom is 0.237 e. The molecule has 0 spiro atoms. The maximum atomic E-state index is 11.8. The van der Waals surface area contributed by atoms with Crippen LogP contribution in [-0.2, 0) is 17.8 Å². The Morgan fingerprint density at radius 1 is 1.37 bits per heavy atom. The smallest absolute Gasteiger partial charge is 0.237 e. The van der Waals surface area contributed by atoms with Crippen molar-refractivity contribution in [3.8, 4) is 5.75 Å². The van der Waals surface area contributed by atoms with E-state index in [1.54, 1.807) is 36.5 Å². The Labute approximate surface area is 110 Å². The number of aromatic nitrogens is 2. The number of aromatic hydroxyl groups is 1. The van der Waals surface area contributed by atoms with Gasteiger partial charge >= 0.3 is 0 Å². The van der Waals surface area contributed by atoms with Crippen LogP contribution in [0.25, 0.3) is 0 Å². The molecule has 2 rings (SSSR count). The summed E-state index contributed by atoms with van der Waals surface area (Å²) < 4.78 is 0. The van der Waals surface area contributed by atoms with Crippen molar-refractivity contribution in [2.75, 3.05) is 0 Å². The highest BCUT2D eigenvalue weighted by Crippen LogP contribution is 2.10. The van der Waals surface area contributed by atoms with Gasteiger partial charge in [0.1, 0.15) is 5.75 Å². The number of carbonyl (C=O) groups is 1. The van der Waals surface area contributed by atoms with E-state index in [0.29, 0.717) is 13.0 Å². The monoisotopic (exact) mass is 260 g/mol. The van der Waals surface area contributed by atoms with E-state index in [2.05, 4.69) is 15.5 Å². The van der Waals surface area contributed by atoms with Crippen molar-refractivity contribution in [2.45, 2.75) is 19.0 Å². The van der Waals surface area contributed by atoms with Gasteiger partial charge in [0.15, 0.2) is 0 Å². The first-order chi connectivity index (χ1) is 9.15. The molecule has 0 aliphatic heterocycles. The van der Waals surface area contributed by atoms with Gasteiger partial charge in [0.05, 0.1) is 18.3 Å². The molecule has 1 amide bonds. The zero-order chi connectivity index (χ0) is 13.7. The van der Waals surface area contributed by atoms with Gasteiger partial charge in [-0.2, -0.15) is 5.10 Å². The molecular formula is C13H16N4O2. The number of nitrogens with one attached hydrogen (secondary N) is 2. The molecule has 0 radical (unpaired) electrons. The number of carbonyl (C=O) groups excluding carboxylic acids is 1. The normalized spacial score (nSPS) is 12.1. The molecule has 0 saturated heterocycles. The third kappa shape index (κ3) is 3.82. The Kier molecular flexibility index (Phi) is 4.15. The van der Waals surface area contributed by atoms with E-state index in [9.17, 15) is 4.79 Å². The van der Waals surface area contributed by atoms with E-state index >= 15 is 0 Å². The van der Waals surface area contributed by atoms with Gasteiger partial charge in [0, 0.05) is 6.20 Å². The highest BCUT2D eigenvalue weighted by Gasteiger charge is 2.13. The van der Waals surface area contributed by atoms with Crippen molar-refractivity contribution in [3.05, 3.63) is 47.8 Å². The van der Waals surface area contributed by atoms with Crippen LogP contribution in [0.2, 0.25) is 0 Å². The van der Waals surface area contributed by atoms with Gasteiger partial charge in [-0.15, -0.1) is 0 Å². The minimum atomic E-state index is -0.618. The van der Waals surface area contributed by atoms with Gasteiger partial charge in [0.25, 0.3) is 0 Å². The Balaban J connectivity index is 1.83. The van der Waals surface area contributed by atoms with E-state index in [1.807, 2.05) is 0 Å². The SMILES string of the molecule is N[C@@H](Cc1ccc(O)cc1)C(=O)NCc1ccn[nH]1. The lowest BCUT2D eigenvalue weighted by Crippen LogP contribution is -2.41. The summed E-state index contributed by atoms with van der Waals surface area (Å²) in [6, 6.07) is 7.81. The summed E-state index contributed by atoms with van der Waals surface area (Å²) in [5, 5.41) is 18.4. The third-order valence-corrected chi connectivity index (χ3v) is 2.74. The summed E-state index contributed by atoms with van der Waals surface area (Å²) >= 11 is 0. The second-order valence-corrected chi connectivity index (χ2v) is 4.28. The Hall–Kier alpha value is -2.34. The largest absolute Gasteiger partial charge is 0.508 e. The van der Waals surface area contributed by atoms with Crippen molar-refractivity contribution in [1.29, 1.82) is 0 Å². The first kappa shape index (κ1) is 13.1. The van der Waals surface area contributed by atoms with Crippen molar-refractivity contribution in [1.82, 2.24) is 15.5 Å². The quantitative estimate of drug-likeness (QED) is 0.620. The lowest BCUT2D eigenvalue weighted by atomic mass is 10.1. The molecule has 0 unspecified atom stereocenters. The summed E-state index contributed by atoms with van der Waals surface area (Å²) in [6.07, 6.45) is 2.05. The number of phenolic OH excluding ortho intramolecular Hbond substituents is 1. The molecule has 0 aliphatic carbocycles. The standard InChI is InChI=1S/C13H16N4O2/c14-12(7-9-1-3-11(18)4-2-9)13(19)15-8-10-5-6-16-17-10/h1-6,12,18H,7-8,14H2,(H,15,19)(H,16,17)/t12-/m0/s1. The lowest BCUT2D eigenvalue weighted by molar-refractivity contribution is -0.122. The van der Waals surface area contributed by atoms with Crippen LogP contribution in [0.4, 0.5) is 0 Å². The Bertz CT molecular complexity index is 522. The molecule has 1 heterocycles. The van der Waals surface area contributed by atoms with Gasteiger partial charge in [-0.3, -0.25) is 9.89 Å². The highest BCUT2D eigenvalue weighted by molar-refractivity contribution is 5.81. The van der Waals surface area contributed by atoms with E-state index in [-0.39, 0.29) is 11.7 Å². The highest BCUT2D eigenvalue weighted by atomic mass is 16.3. The molecule has 0 bridgehead atoms. The van der Waals surface area contributed by atoms with Crippen LogP contribution in [0.5, 0.6) is 5.75 Å². The fraction of sp³-hybridized carbons (Fsp3) is 0.231. The molecule has 100 valence electrons. The van der Waals surface area contributed by atoms with Crippen LogP contribution in [0.15, 0.2) is 36.5 Å². The van der Waals surface area contributed by atoms with E-state index < -0.39 is 6.04 Å².